The topological polar surface area (TPSA) is 59.2 Å². The first kappa shape index (κ1) is 23.5. The molecule has 2 aromatic rings. The summed E-state index contributed by atoms with van der Waals surface area (Å²) in [6.07, 6.45) is 3.07. The molecule has 0 saturated carbocycles. The number of nitrogens with two attached hydrogens (primary N) is 1. The van der Waals surface area contributed by atoms with Gasteiger partial charge in [0.2, 0.25) is 0 Å². The van der Waals surface area contributed by atoms with Gasteiger partial charge in [0.15, 0.2) is 0 Å². The number of rotatable bonds is 3. The van der Waals surface area contributed by atoms with Crippen LogP contribution in [0.5, 0.6) is 0 Å². The highest BCUT2D eigenvalue weighted by molar-refractivity contribution is 7.13. The molecule has 2 atom stereocenters. The molecule has 144 valence electrons. The van der Waals surface area contributed by atoms with E-state index < -0.39 is 0 Å². The van der Waals surface area contributed by atoms with E-state index in [2.05, 4.69) is 4.98 Å². The minimum absolute atomic E-state index is 0. The molecule has 0 spiro atoms. The average Bonchev–Trinajstić information content (AvgIpc) is 3.03. The monoisotopic (exact) mass is 455 g/mol. The molecule has 4 nitrogen and oxygen atoms in total. The zero-order valence-electron chi connectivity index (χ0n) is 14.2. The Morgan fingerprint density at radius 3 is 2.73 bits per heavy atom. The van der Waals surface area contributed by atoms with E-state index in [0.29, 0.717) is 15.7 Å². The Labute approximate surface area is 179 Å². The second-order valence-electron chi connectivity index (χ2n) is 6.08. The van der Waals surface area contributed by atoms with Crippen LogP contribution < -0.4 is 5.73 Å². The first-order valence-electron chi connectivity index (χ1n) is 7.95. The smallest absolute Gasteiger partial charge is 0.273 e. The van der Waals surface area contributed by atoms with E-state index in [1.807, 2.05) is 17.9 Å². The number of thiazole rings is 1. The van der Waals surface area contributed by atoms with Crippen molar-refractivity contribution in [3.8, 4) is 10.6 Å². The van der Waals surface area contributed by atoms with Crippen molar-refractivity contribution in [3.05, 3.63) is 39.3 Å². The number of benzene rings is 1. The van der Waals surface area contributed by atoms with E-state index in [4.69, 9.17) is 28.9 Å². The van der Waals surface area contributed by atoms with Crippen LogP contribution in [0.1, 0.15) is 36.7 Å². The standard InChI is InChI=1S/C17H19Cl2N3OS.2ClH/c1-10(20)15-4-2-3-7-22(15)17(23)14-9-24-16(21-14)12-6-5-11(18)8-13(12)19;;/h5-6,8-10,15H,2-4,7,20H2,1H3;2*1H. The molecule has 1 aliphatic heterocycles. The molecule has 9 heteroatoms. The molecule has 0 radical (unpaired) electrons. The Balaban J connectivity index is 0.00000169. The average molecular weight is 457 g/mol. The molecule has 2 N–H and O–H groups in total. The second-order valence-corrected chi connectivity index (χ2v) is 7.78. The summed E-state index contributed by atoms with van der Waals surface area (Å²) in [7, 11) is 0. The van der Waals surface area contributed by atoms with Gasteiger partial charge in [-0.2, -0.15) is 0 Å². The van der Waals surface area contributed by atoms with Gasteiger partial charge in [-0.3, -0.25) is 4.79 Å². The van der Waals surface area contributed by atoms with Gasteiger partial charge < -0.3 is 10.6 Å². The first-order chi connectivity index (χ1) is 11.5. The molecule has 0 aliphatic carbocycles. The van der Waals surface area contributed by atoms with Crippen molar-refractivity contribution in [2.75, 3.05) is 6.54 Å². The quantitative estimate of drug-likeness (QED) is 0.681. The molecular formula is C17H21Cl4N3OS. The summed E-state index contributed by atoms with van der Waals surface area (Å²) in [5.41, 5.74) is 7.30. The summed E-state index contributed by atoms with van der Waals surface area (Å²) in [6.45, 7) is 2.69. The van der Waals surface area contributed by atoms with E-state index in [1.54, 1.807) is 17.5 Å². The van der Waals surface area contributed by atoms with Gasteiger partial charge in [-0.05, 0) is 44.4 Å². The van der Waals surface area contributed by atoms with Gasteiger partial charge in [0, 0.05) is 34.6 Å². The third kappa shape index (κ3) is 5.03. The summed E-state index contributed by atoms with van der Waals surface area (Å²) >= 11 is 13.6. The lowest BCUT2D eigenvalue weighted by Gasteiger charge is -2.37. The number of aromatic nitrogens is 1. The predicted molar refractivity (Wildman–Crippen MR) is 114 cm³/mol. The Bertz CT molecular complexity index is 753. The lowest BCUT2D eigenvalue weighted by atomic mass is 9.96. The SMILES string of the molecule is CC(N)C1CCCCN1C(=O)c1csc(-c2ccc(Cl)cc2Cl)n1.Cl.Cl. The summed E-state index contributed by atoms with van der Waals surface area (Å²) in [5, 5.41) is 3.61. The van der Waals surface area contributed by atoms with Gasteiger partial charge in [-0.25, -0.2) is 4.98 Å². The number of hydrogen-bond acceptors (Lipinski definition) is 4. The van der Waals surface area contributed by atoms with Gasteiger partial charge >= 0.3 is 0 Å². The van der Waals surface area contributed by atoms with Crippen LogP contribution in [0.15, 0.2) is 23.6 Å². The van der Waals surface area contributed by atoms with Crippen molar-refractivity contribution in [1.29, 1.82) is 0 Å². The van der Waals surface area contributed by atoms with Crippen LogP contribution in [0.2, 0.25) is 10.0 Å². The normalized spacial score (nSPS) is 17.8. The fraction of sp³-hybridized carbons (Fsp3) is 0.412. The van der Waals surface area contributed by atoms with Crippen molar-refractivity contribution in [2.24, 2.45) is 5.73 Å². The number of hydrogen-bond donors (Lipinski definition) is 1. The van der Waals surface area contributed by atoms with Gasteiger partial charge in [-0.1, -0.05) is 23.2 Å². The van der Waals surface area contributed by atoms with Gasteiger partial charge in [0.25, 0.3) is 5.91 Å². The lowest BCUT2D eigenvalue weighted by Crippen LogP contribution is -2.51. The van der Waals surface area contributed by atoms with Crippen LogP contribution in [0.4, 0.5) is 0 Å². The number of carbonyl (C=O) groups excluding carboxylic acids is 1. The Kier molecular flexibility index (Phi) is 9.13. The number of nitrogens with zero attached hydrogens (tertiary/aromatic N) is 2. The zero-order valence-corrected chi connectivity index (χ0v) is 18.1. The Morgan fingerprint density at radius 2 is 2.08 bits per heavy atom. The van der Waals surface area contributed by atoms with Crippen LogP contribution in [-0.2, 0) is 0 Å². The van der Waals surface area contributed by atoms with Crippen molar-refractivity contribution < 1.29 is 4.79 Å². The summed E-state index contributed by atoms with van der Waals surface area (Å²) in [5.74, 6) is -0.0513. The summed E-state index contributed by atoms with van der Waals surface area (Å²) in [6, 6.07) is 5.30. The summed E-state index contributed by atoms with van der Waals surface area (Å²) < 4.78 is 0. The molecule has 2 heterocycles. The highest BCUT2D eigenvalue weighted by Gasteiger charge is 2.31. The molecule has 1 aliphatic rings. The van der Waals surface area contributed by atoms with Crippen LogP contribution in [0.3, 0.4) is 0 Å². The van der Waals surface area contributed by atoms with E-state index in [9.17, 15) is 4.79 Å². The van der Waals surface area contributed by atoms with Crippen LogP contribution in [0.25, 0.3) is 10.6 Å². The minimum atomic E-state index is -0.0513. The van der Waals surface area contributed by atoms with Crippen molar-refractivity contribution >= 4 is 65.3 Å². The van der Waals surface area contributed by atoms with E-state index in [1.165, 1.54) is 11.3 Å². The molecule has 1 aromatic carbocycles. The fourth-order valence-corrected chi connectivity index (χ4v) is 4.45. The molecule has 1 saturated heterocycles. The van der Waals surface area contributed by atoms with Crippen LogP contribution in [-0.4, -0.2) is 34.4 Å². The largest absolute Gasteiger partial charge is 0.333 e. The maximum absolute atomic E-state index is 12.9. The zero-order chi connectivity index (χ0) is 17.3. The molecule has 0 bridgehead atoms. The van der Waals surface area contributed by atoms with E-state index >= 15 is 0 Å². The van der Waals surface area contributed by atoms with Crippen molar-refractivity contribution in [2.45, 2.75) is 38.3 Å². The number of halogens is 4. The Morgan fingerprint density at radius 1 is 1.35 bits per heavy atom. The molecule has 3 rings (SSSR count). The lowest BCUT2D eigenvalue weighted by molar-refractivity contribution is 0.0578. The van der Waals surface area contributed by atoms with Crippen molar-refractivity contribution in [1.82, 2.24) is 9.88 Å². The summed E-state index contributed by atoms with van der Waals surface area (Å²) in [4.78, 5) is 19.2. The third-order valence-electron chi connectivity index (χ3n) is 4.30. The molecule has 26 heavy (non-hydrogen) atoms. The highest BCUT2D eigenvalue weighted by Crippen LogP contribution is 2.33. The number of amides is 1. The van der Waals surface area contributed by atoms with E-state index in [0.717, 1.165) is 36.4 Å². The molecule has 2 unspecified atom stereocenters. The van der Waals surface area contributed by atoms with E-state index in [-0.39, 0.29) is 42.8 Å². The third-order valence-corrected chi connectivity index (χ3v) is 5.73. The second kappa shape index (κ2) is 10.1. The molecule has 1 amide bonds. The van der Waals surface area contributed by atoms with Crippen molar-refractivity contribution in [3.63, 3.8) is 0 Å². The fourth-order valence-electron chi connectivity index (χ4n) is 3.06. The highest BCUT2D eigenvalue weighted by atomic mass is 35.5. The van der Waals surface area contributed by atoms with Gasteiger partial charge in [0.05, 0.1) is 5.02 Å². The minimum Gasteiger partial charge on any atom is -0.333 e. The molecule has 1 aromatic heterocycles. The molecular weight excluding hydrogens is 436 g/mol. The molecule has 1 fully saturated rings. The van der Waals surface area contributed by atoms with Gasteiger partial charge in [-0.15, -0.1) is 36.2 Å². The Hall–Kier alpha value is -0.560. The first-order valence-corrected chi connectivity index (χ1v) is 9.58. The maximum atomic E-state index is 12.9. The van der Waals surface area contributed by atoms with Crippen LogP contribution >= 0.6 is 59.4 Å². The van der Waals surface area contributed by atoms with Gasteiger partial charge in [0.1, 0.15) is 10.7 Å². The van der Waals surface area contributed by atoms with Crippen LogP contribution in [0, 0.1) is 0 Å². The number of carbonyl (C=O) groups is 1. The number of piperidine rings is 1. The maximum Gasteiger partial charge on any atom is 0.273 e. The predicted octanol–water partition coefficient (Wildman–Crippen LogP) is 5.30. The number of likely N-dealkylation sites (tertiary alicyclic amines) is 1.